The van der Waals surface area contributed by atoms with Gasteiger partial charge in [0.05, 0.1) is 24.5 Å². The highest BCUT2D eigenvalue weighted by molar-refractivity contribution is 5.86. The van der Waals surface area contributed by atoms with Gasteiger partial charge in [-0.3, -0.25) is 14.2 Å². The molecule has 8 nitrogen and oxygen atoms in total. The maximum absolute atomic E-state index is 12.7. The van der Waals surface area contributed by atoms with E-state index in [1.807, 2.05) is 35.2 Å². The molecule has 0 N–H and O–H groups in total. The van der Waals surface area contributed by atoms with E-state index in [1.165, 1.54) is 17.0 Å². The van der Waals surface area contributed by atoms with Gasteiger partial charge in [-0.25, -0.2) is 15.0 Å². The highest BCUT2D eigenvalue weighted by Gasteiger charge is 2.28. The number of hydrogen-bond acceptors (Lipinski definition) is 7. The summed E-state index contributed by atoms with van der Waals surface area (Å²) >= 11 is 0. The second kappa shape index (κ2) is 8.32. The minimum atomic E-state index is -0.566. The monoisotopic (exact) mass is 391 g/mol. The van der Waals surface area contributed by atoms with Gasteiger partial charge in [-0.1, -0.05) is 30.3 Å². The van der Waals surface area contributed by atoms with E-state index in [1.54, 1.807) is 19.3 Å². The Morgan fingerprint density at radius 3 is 2.79 bits per heavy atom. The predicted molar refractivity (Wildman–Crippen MR) is 108 cm³/mol. The van der Waals surface area contributed by atoms with Gasteiger partial charge in [0, 0.05) is 32.3 Å². The van der Waals surface area contributed by atoms with Crippen LogP contribution in [0.25, 0.3) is 11.4 Å². The molecule has 0 bridgehead atoms. The zero-order chi connectivity index (χ0) is 20.2. The summed E-state index contributed by atoms with van der Waals surface area (Å²) in [5.41, 5.74) is 1.81. The molecule has 1 aliphatic heterocycles. The number of nitrogens with zero attached hydrogens (tertiary/aromatic N) is 5. The van der Waals surface area contributed by atoms with Crippen molar-refractivity contribution in [3.05, 3.63) is 70.9 Å². The summed E-state index contributed by atoms with van der Waals surface area (Å²) in [6.07, 6.45) is 2.77. The molecule has 0 radical (unpaired) electrons. The molecule has 1 unspecified atom stereocenters. The van der Waals surface area contributed by atoms with Gasteiger partial charge in [0.15, 0.2) is 5.78 Å². The summed E-state index contributed by atoms with van der Waals surface area (Å²) in [5.74, 6) is 0.504. The van der Waals surface area contributed by atoms with Gasteiger partial charge >= 0.3 is 0 Å². The molecule has 1 atom stereocenters. The molecule has 1 fully saturated rings. The minimum Gasteiger partial charge on any atom is -0.367 e. The summed E-state index contributed by atoms with van der Waals surface area (Å²) in [5, 5.41) is 0. The quantitative estimate of drug-likeness (QED) is 0.647. The molecule has 3 heterocycles. The SMILES string of the molecule is Cn1c(N2CCOC(C(=O)Cc3ccccc3)C2)nc(-c2ccncn2)cc1=O. The zero-order valence-electron chi connectivity index (χ0n) is 16.1. The Kier molecular flexibility index (Phi) is 5.44. The van der Waals surface area contributed by atoms with Crippen molar-refractivity contribution in [1.29, 1.82) is 0 Å². The Morgan fingerprint density at radius 2 is 2.03 bits per heavy atom. The average molecular weight is 391 g/mol. The van der Waals surface area contributed by atoms with Crippen LogP contribution >= 0.6 is 0 Å². The third-order valence-corrected chi connectivity index (χ3v) is 4.89. The third-order valence-electron chi connectivity index (χ3n) is 4.89. The van der Waals surface area contributed by atoms with Crippen LogP contribution in [0.1, 0.15) is 5.56 Å². The standard InChI is InChI=1S/C21H21N5O3/c1-25-20(28)12-17(16-7-8-22-14-23-16)24-21(25)26-9-10-29-19(13-26)18(27)11-15-5-3-2-4-6-15/h2-8,12,14,19H,9-11,13H2,1H3. The summed E-state index contributed by atoms with van der Waals surface area (Å²) in [7, 11) is 1.67. The van der Waals surface area contributed by atoms with Crippen molar-refractivity contribution < 1.29 is 9.53 Å². The predicted octanol–water partition coefficient (Wildman–Crippen LogP) is 1.25. The number of benzene rings is 1. The average Bonchev–Trinajstić information content (AvgIpc) is 2.77. The van der Waals surface area contributed by atoms with E-state index in [0.29, 0.717) is 43.5 Å². The van der Waals surface area contributed by atoms with Crippen LogP contribution in [0.3, 0.4) is 0 Å². The lowest BCUT2D eigenvalue weighted by Gasteiger charge is -2.33. The first-order chi connectivity index (χ1) is 14.1. The zero-order valence-corrected chi connectivity index (χ0v) is 16.1. The van der Waals surface area contributed by atoms with Crippen LogP contribution in [-0.4, -0.2) is 51.1 Å². The summed E-state index contributed by atoms with van der Waals surface area (Å²) in [6.45, 7) is 1.28. The van der Waals surface area contributed by atoms with Crippen LogP contribution in [0.4, 0.5) is 5.95 Å². The first kappa shape index (κ1) is 18.9. The van der Waals surface area contributed by atoms with Crippen molar-refractivity contribution in [1.82, 2.24) is 19.5 Å². The van der Waals surface area contributed by atoms with Gasteiger partial charge in [-0.05, 0) is 11.6 Å². The van der Waals surface area contributed by atoms with Crippen LogP contribution in [-0.2, 0) is 23.0 Å². The molecule has 148 valence electrons. The molecule has 3 aromatic rings. The molecule has 4 rings (SSSR count). The van der Waals surface area contributed by atoms with E-state index >= 15 is 0 Å². The fraction of sp³-hybridized carbons (Fsp3) is 0.286. The van der Waals surface area contributed by atoms with Crippen molar-refractivity contribution in [3.8, 4) is 11.4 Å². The van der Waals surface area contributed by atoms with Crippen LogP contribution in [0.2, 0.25) is 0 Å². The van der Waals surface area contributed by atoms with Gasteiger partial charge in [0.2, 0.25) is 5.95 Å². The van der Waals surface area contributed by atoms with Crippen molar-refractivity contribution in [2.45, 2.75) is 12.5 Å². The molecule has 1 aliphatic rings. The molecule has 0 spiro atoms. The van der Waals surface area contributed by atoms with E-state index < -0.39 is 6.10 Å². The number of carbonyl (C=O) groups is 1. The Labute approximate surface area is 167 Å². The summed E-state index contributed by atoms with van der Waals surface area (Å²) in [4.78, 5) is 39.8. The van der Waals surface area contributed by atoms with E-state index in [2.05, 4.69) is 15.0 Å². The maximum atomic E-state index is 12.7. The van der Waals surface area contributed by atoms with Crippen molar-refractivity contribution in [3.63, 3.8) is 0 Å². The first-order valence-corrected chi connectivity index (χ1v) is 9.39. The smallest absolute Gasteiger partial charge is 0.255 e. The Bertz CT molecular complexity index is 1050. The second-order valence-corrected chi connectivity index (χ2v) is 6.87. The lowest BCUT2D eigenvalue weighted by molar-refractivity contribution is -0.130. The third kappa shape index (κ3) is 4.22. The number of carbonyl (C=O) groups excluding carboxylic acids is 1. The lowest BCUT2D eigenvalue weighted by Crippen LogP contribution is -2.48. The lowest BCUT2D eigenvalue weighted by atomic mass is 10.0. The van der Waals surface area contributed by atoms with Gasteiger partial charge in [0.1, 0.15) is 12.4 Å². The number of Topliss-reactive ketones (excluding diaryl/α,β-unsaturated/α-hetero) is 1. The molecule has 0 aliphatic carbocycles. The number of rotatable bonds is 5. The van der Waals surface area contributed by atoms with Crippen molar-refractivity contribution >= 4 is 11.7 Å². The Morgan fingerprint density at radius 1 is 1.21 bits per heavy atom. The van der Waals surface area contributed by atoms with Crippen molar-refractivity contribution in [2.75, 3.05) is 24.6 Å². The fourth-order valence-corrected chi connectivity index (χ4v) is 3.32. The number of hydrogen-bond donors (Lipinski definition) is 0. The van der Waals surface area contributed by atoms with Crippen molar-refractivity contribution in [2.24, 2.45) is 7.05 Å². The van der Waals surface area contributed by atoms with Gasteiger partial charge in [0.25, 0.3) is 5.56 Å². The highest BCUT2D eigenvalue weighted by Crippen LogP contribution is 2.19. The van der Waals surface area contributed by atoms with E-state index in [-0.39, 0.29) is 11.3 Å². The maximum Gasteiger partial charge on any atom is 0.255 e. The van der Waals surface area contributed by atoms with E-state index in [4.69, 9.17) is 4.74 Å². The van der Waals surface area contributed by atoms with Gasteiger partial charge in [-0.15, -0.1) is 0 Å². The fourth-order valence-electron chi connectivity index (χ4n) is 3.32. The number of anilines is 1. The Hall–Kier alpha value is -3.39. The van der Waals surface area contributed by atoms with E-state index in [9.17, 15) is 9.59 Å². The van der Waals surface area contributed by atoms with Crippen LogP contribution in [0, 0.1) is 0 Å². The topological polar surface area (TPSA) is 90.2 Å². The van der Waals surface area contributed by atoms with Crippen LogP contribution < -0.4 is 10.5 Å². The highest BCUT2D eigenvalue weighted by atomic mass is 16.5. The molecule has 1 aromatic carbocycles. The summed E-state index contributed by atoms with van der Waals surface area (Å²) in [6, 6.07) is 12.7. The number of ketones is 1. The molecule has 2 aromatic heterocycles. The first-order valence-electron chi connectivity index (χ1n) is 9.39. The number of aromatic nitrogens is 4. The molecular weight excluding hydrogens is 370 g/mol. The molecule has 0 saturated carbocycles. The van der Waals surface area contributed by atoms with E-state index in [0.717, 1.165) is 5.56 Å². The molecule has 0 amide bonds. The van der Waals surface area contributed by atoms with Gasteiger partial charge in [-0.2, -0.15) is 0 Å². The van der Waals surface area contributed by atoms with Gasteiger partial charge < -0.3 is 9.64 Å². The van der Waals surface area contributed by atoms with Crippen LogP contribution in [0.15, 0.2) is 59.8 Å². The normalized spacial score (nSPS) is 16.6. The number of ether oxygens (including phenoxy) is 1. The van der Waals surface area contributed by atoms with Crippen LogP contribution in [0.5, 0.6) is 0 Å². The largest absolute Gasteiger partial charge is 0.367 e. The molecular formula is C21H21N5O3. The minimum absolute atomic E-state index is 0.0119. The number of morpholine rings is 1. The second-order valence-electron chi connectivity index (χ2n) is 6.87. The summed E-state index contributed by atoms with van der Waals surface area (Å²) < 4.78 is 7.20. The molecule has 29 heavy (non-hydrogen) atoms. The molecule has 1 saturated heterocycles. The molecule has 8 heteroatoms. The Balaban J connectivity index is 1.57.